The van der Waals surface area contributed by atoms with Gasteiger partial charge in [0, 0.05) is 32.4 Å². The number of nitrogen functional groups attached to an aromatic ring is 1. The van der Waals surface area contributed by atoms with Gasteiger partial charge in [-0.25, -0.2) is 13.1 Å². The summed E-state index contributed by atoms with van der Waals surface area (Å²) >= 11 is 0. The van der Waals surface area contributed by atoms with Crippen molar-refractivity contribution >= 4 is 15.7 Å². The molecule has 1 heterocycles. The molecule has 0 spiro atoms. The third-order valence-corrected chi connectivity index (χ3v) is 5.25. The summed E-state index contributed by atoms with van der Waals surface area (Å²) in [6, 6.07) is 4.84. The molecule has 0 radical (unpaired) electrons. The fourth-order valence-corrected chi connectivity index (χ4v) is 3.58. The summed E-state index contributed by atoms with van der Waals surface area (Å²) in [4.78, 5) is 0.197. The lowest BCUT2D eigenvalue weighted by molar-refractivity contribution is -0.0120. The third kappa shape index (κ3) is 2.95. The molecular weight excluding hydrogens is 280 g/mol. The number of anilines is 1. The van der Waals surface area contributed by atoms with E-state index in [9.17, 15) is 8.42 Å². The normalized spacial score (nSPS) is 23.1. The van der Waals surface area contributed by atoms with E-state index in [1.807, 2.05) is 0 Å². The molecular formula is C13H20N2O4S. The minimum absolute atomic E-state index is 0.181. The number of rotatable bonds is 5. The van der Waals surface area contributed by atoms with Crippen LogP contribution in [0.1, 0.15) is 12.0 Å². The maximum Gasteiger partial charge on any atom is 0.241 e. The molecule has 2 rings (SSSR count). The second kappa shape index (κ2) is 5.69. The lowest BCUT2D eigenvalue weighted by Gasteiger charge is -2.26. The summed E-state index contributed by atoms with van der Waals surface area (Å²) < 4.78 is 38.0. The van der Waals surface area contributed by atoms with Crippen LogP contribution in [-0.2, 0) is 19.5 Å². The predicted octanol–water partition coefficient (Wildman–Crippen LogP) is 0.661. The van der Waals surface area contributed by atoms with Crippen molar-refractivity contribution in [3.8, 4) is 0 Å². The number of hydrogen-bond donors (Lipinski definition) is 2. The monoisotopic (exact) mass is 300 g/mol. The fourth-order valence-electron chi connectivity index (χ4n) is 2.19. The van der Waals surface area contributed by atoms with Crippen LogP contribution in [0.4, 0.5) is 5.69 Å². The maximum absolute atomic E-state index is 12.4. The molecule has 1 unspecified atom stereocenters. The van der Waals surface area contributed by atoms with E-state index in [0.29, 0.717) is 30.9 Å². The van der Waals surface area contributed by atoms with Crippen molar-refractivity contribution in [3.05, 3.63) is 23.8 Å². The van der Waals surface area contributed by atoms with Crippen molar-refractivity contribution < 1.29 is 17.9 Å². The zero-order valence-electron chi connectivity index (χ0n) is 11.7. The lowest BCUT2D eigenvalue weighted by atomic mass is 10.0. The minimum Gasteiger partial charge on any atom is -0.398 e. The highest BCUT2D eigenvalue weighted by molar-refractivity contribution is 7.89. The van der Waals surface area contributed by atoms with Crippen LogP contribution in [0.2, 0.25) is 0 Å². The van der Waals surface area contributed by atoms with Gasteiger partial charge in [0.2, 0.25) is 10.0 Å². The van der Waals surface area contributed by atoms with Crippen LogP contribution in [-0.4, -0.2) is 40.9 Å². The molecule has 1 aromatic carbocycles. The lowest BCUT2D eigenvalue weighted by Crippen LogP contribution is -2.45. The van der Waals surface area contributed by atoms with Crippen LogP contribution in [0, 0.1) is 6.92 Å². The first-order valence-electron chi connectivity index (χ1n) is 6.38. The number of ether oxygens (including phenoxy) is 2. The third-order valence-electron chi connectivity index (χ3n) is 3.70. The Hall–Kier alpha value is -1.15. The van der Waals surface area contributed by atoms with E-state index in [1.54, 1.807) is 32.2 Å². The van der Waals surface area contributed by atoms with Gasteiger partial charge >= 0.3 is 0 Å². The first-order chi connectivity index (χ1) is 9.40. The molecule has 0 bridgehead atoms. The summed E-state index contributed by atoms with van der Waals surface area (Å²) in [7, 11) is -2.05. The molecule has 1 atom stereocenters. The van der Waals surface area contributed by atoms with Gasteiger partial charge in [-0.2, -0.15) is 0 Å². The summed E-state index contributed by atoms with van der Waals surface area (Å²) in [5.41, 5.74) is 6.18. The molecule has 1 aliphatic heterocycles. The zero-order chi connectivity index (χ0) is 14.8. The molecule has 0 amide bonds. The Balaban J connectivity index is 2.17. The molecule has 7 heteroatoms. The van der Waals surface area contributed by atoms with E-state index in [2.05, 4.69) is 4.72 Å². The van der Waals surface area contributed by atoms with E-state index in [0.717, 1.165) is 0 Å². The first-order valence-corrected chi connectivity index (χ1v) is 7.86. The Labute approximate surface area is 119 Å². The van der Waals surface area contributed by atoms with Gasteiger partial charge < -0.3 is 15.2 Å². The number of nitrogens with two attached hydrogens (primary N) is 1. The van der Waals surface area contributed by atoms with Crippen LogP contribution in [0.25, 0.3) is 0 Å². The second-order valence-electron chi connectivity index (χ2n) is 4.98. The van der Waals surface area contributed by atoms with Crippen molar-refractivity contribution in [2.75, 3.05) is 32.6 Å². The van der Waals surface area contributed by atoms with E-state index < -0.39 is 15.6 Å². The Morgan fingerprint density at radius 2 is 2.25 bits per heavy atom. The fraction of sp³-hybridized carbons (Fsp3) is 0.538. The van der Waals surface area contributed by atoms with E-state index in [-0.39, 0.29) is 11.4 Å². The average molecular weight is 300 g/mol. The number of benzene rings is 1. The molecule has 1 aromatic rings. The Kier molecular flexibility index (Phi) is 4.33. The zero-order valence-corrected chi connectivity index (χ0v) is 12.5. The van der Waals surface area contributed by atoms with Crippen LogP contribution < -0.4 is 10.5 Å². The van der Waals surface area contributed by atoms with Crippen LogP contribution in [0.3, 0.4) is 0 Å². The first kappa shape index (κ1) is 15.2. The smallest absolute Gasteiger partial charge is 0.241 e. The summed E-state index contributed by atoms with van der Waals surface area (Å²) in [5, 5.41) is 0. The number of sulfonamides is 1. The summed E-state index contributed by atoms with van der Waals surface area (Å²) in [6.07, 6.45) is 0.669. The Morgan fingerprint density at radius 1 is 1.50 bits per heavy atom. The van der Waals surface area contributed by atoms with E-state index >= 15 is 0 Å². The van der Waals surface area contributed by atoms with E-state index in [1.165, 1.54) is 0 Å². The predicted molar refractivity (Wildman–Crippen MR) is 76.0 cm³/mol. The molecule has 3 N–H and O–H groups in total. The van der Waals surface area contributed by atoms with Crippen molar-refractivity contribution in [2.45, 2.75) is 23.8 Å². The van der Waals surface area contributed by atoms with Crippen molar-refractivity contribution in [2.24, 2.45) is 0 Å². The topological polar surface area (TPSA) is 90.7 Å². The Bertz CT molecular complexity index is 580. The molecule has 1 aliphatic rings. The average Bonchev–Trinajstić information content (AvgIpc) is 2.89. The van der Waals surface area contributed by atoms with Crippen LogP contribution in [0.15, 0.2) is 23.1 Å². The highest BCUT2D eigenvalue weighted by atomic mass is 32.2. The van der Waals surface area contributed by atoms with Crippen LogP contribution >= 0.6 is 0 Å². The molecule has 0 saturated carbocycles. The summed E-state index contributed by atoms with van der Waals surface area (Å²) in [6.45, 7) is 2.84. The molecule has 20 heavy (non-hydrogen) atoms. The maximum atomic E-state index is 12.4. The number of methoxy groups -OCH3 is 1. The van der Waals surface area contributed by atoms with Crippen LogP contribution in [0.5, 0.6) is 0 Å². The van der Waals surface area contributed by atoms with E-state index in [4.69, 9.17) is 15.2 Å². The largest absolute Gasteiger partial charge is 0.398 e. The SMILES string of the molecule is COC1(CNS(=O)(=O)c2cccc(N)c2C)CCOC1. The minimum atomic E-state index is -3.61. The Morgan fingerprint density at radius 3 is 2.85 bits per heavy atom. The highest BCUT2D eigenvalue weighted by Gasteiger charge is 2.36. The quantitative estimate of drug-likeness (QED) is 0.780. The highest BCUT2D eigenvalue weighted by Crippen LogP contribution is 2.24. The van der Waals surface area contributed by atoms with Gasteiger partial charge in [-0.05, 0) is 24.6 Å². The van der Waals surface area contributed by atoms with Gasteiger partial charge in [-0.15, -0.1) is 0 Å². The van der Waals surface area contributed by atoms with Gasteiger partial charge in [0.15, 0.2) is 0 Å². The van der Waals surface area contributed by atoms with Gasteiger partial charge in [0.25, 0.3) is 0 Å². The molecule has 1 saturated heterocycles. The van der Waals surface area contributed by atoms with Gasteiger partial charge in [-0.1, -0.05) is 6.07 Å². The number of hydrogen-bond acceptors (Lipinski definition) is 5. The number of nitrogens with one attached hydrogen (secondary N) is 1. The van der Waals surface area contributed by atoms with Crippen molar-refractivity contribution in [1.82, 2.24) is 4.72 Å². The second-order valence-corrected chi connectivity index (χ2v) is 6.72. The van der Waals surface area contributed by atoms with Crippen molar-refractivity contribution in [3.63, 3.8) is 0 Å². The molecule has 1 fully saturated rings. The van der Waals surface area contributed by atoms with Gasteiger partial charge in [0.1, 0.15) is 5.60 Å². The molecule has 6 nitrogen and oxygen atoms in total. The molecule has 112 valence electrons. The standard InChI is InChI=1S/C13H20N2O4S/c1-10-11(14)4-3-5-12(10)20(16,17)15-8-13(18-2)6-7-19-9-13/h3-5,15H,6-9,14H2,1-2H3. The van der Waals surface area contributed by atoms with Gasteiger partial charge in [0.05, 0.1) is 11.5 Å². The molecule has 0 aliphatic carbocycles. The molecule has 0 aromatic heterocycles. The summed E-state index contributed by atoms with van der Waals surface area (Å²) in [5.74, 6) is 0. The van der Waals surface area contributed by atoms with Crippen molar-refractivity contribution in [1.29, 1.82) is 0 Å². The van der Waals surface area contributed by atoms with Gasteiger partial charge in [-0.3, -0.25) is 0 Å².